The summed E-state index contributed by atoms with van der Waals surface area (Å²) in [5.41, 5.74) is 0.797. The van der Waals surface area contributed by atoms with Gasteiger partial charge in [-0.15, -0.1) is 0 Å². The molecule has 82 valence electrons. The van der Waals surface area contributed by atoms with Crippen LogP contribution in [0.25, 0.3) is 0 Å². The van der Waals surface area contributed by atoms with Crippen molar-refractivity contribution in [3.05, 3.63) is 46.8 Å². The van der Waals surface area contributed by atoms with Gasteiger partial charge in [0.2, 0.25) is 5.88 Å². The van der Waals surface area contributed by atoms with Crippen molar-refractivity contribution in [2.24, 2.45) is 0 Å². The Morgan fingerprint density at radius 1 is 1.25 bits per heavy atom. The Morgan fingerprint density at radius 2 is 2.12 bits per heavy atom. The maximum absolute atomic E-state index is 8.98. The number of ether oxygens (including phenoxy) is 1. The summed E-state index contributed by atoms with van der Waals surface area (Å²) >= 11 is 3.23. The van der Waals surface area contributed by atoms with Gasteiger partial charge in [-0.05, 0) is 33.6 Å². The predicted octanol–water partition coefficient (Wildman–Crippen LogP) is 2.52. The summed E-state index contributed by atoms with van der Waals surface area (Å²) in [4.78, 5) is 7.87. The lowest BCUT2D eigenvalue weighted by Crippen LogP contribution is -1.90. The lowest BCUT2D eigenvalue weighted by atomic mass is 10.2. The van der Waals surface area contributed by atoms with Gasteiger partial charge in [-0.2, -0.15) is 0 Å². The molecule has 0 amide bonds. The minimum atomic E-state index is -0.00926. The zero-order chi connectivity index (χ0) is 11.4. The van der Waals surface area contributed by atoms with Crippen molar-refractivity contribution < 1.29 is 9.84 Å². The minimum Gasteiger partial charge on any atom is -0.439 e. The van der Waals surface area contributed by atoms with E-state index in [-0.39, 0.29) is 6.61 Å². The molecule has 1 N–H and O–H groups in total. The van der Waals surface area contributed by atoms with Gasteiger partial charge in [0.1, 0.15) is 16.7 Å². The van der Waals surface area contributed by atoms with Crippen LogP contribution in [0.3, 0.4) is 0 Å². The third-order valence-corrected chi connectivity index (χ3v) is 2.35. The number of hydrogen-bond donors (Lipinski definition) is 1. The van der Waals surface area contributed by atoms with E-state index in [2.05, 4.69) is 25.9 Å². The van der Waals surface area contributed by atoms with Crippen molar-refractivity contribution in [2.75, 3.05) is 0 Å². The highest BCUT2D eigenvalue weighted by Gasteiger charge is 2.00. The summed E-state index contributed by atoms with van der Waals surface area (Å²) in [5.74, 6) is 1.09. The van der Waals surface area contributed by atoms with Gasteiger partial charge in [0.15, 0.2) is 0 Å². The van der Waals surface area contributed by atoms with E-state index in [4.69, 9.17) is 9.84 Å². The predicted molar refractivity (Wildman–Crippen MR) is 62.2 cm³/mol. The van der Waals surface area contributed by atoms with Gasteiger partial charge in [0, 0.05) is 6.07 Å². The van der Waals surface area contributed by atoms with Crippen molar-refractivity contribution in [3.63, 3.8) is 0 Å². The fourth-order valence-electron chi connectivity index (χ4n) is 1.20. The minimum absolute atomic E-state index is 0.00926. The van der Waals surface area contributed by atoms with Crippen molar-refractivity contribution in [2.45, 2.75) is 6.61 Å². The number of hydrogen-bond acceptors (Lipinski definition) is 4. The Kier molecular flexibility index (Phi) is 3.48. The van der Waals surface area contributed by atoms with Crippen LogP contribution in [0.15, 0.2) is 41.3 Å². The molecule has 0 aliphatic carbocycles. The van der Waals surface area contributed by atoms with E-state index >= 15 is 0 Å². The van der Waals surface area contributed by atoms with Crippen LogP contribution in [0.1, 0.15) is 5.56 Å². The number of benzene rings is 1. The summed E-state index contributed by atoms with van der Waals surface area (Å²) in [6.07, 6.45) is 1.41. The van der Waals surface area contributed by atoms with Gasteiger partial charge < -0.3 is 9.84 Å². The molecule has 0 unspecified atom stereocenters. The number of halogens is 1. The Bertz CT molecular complexity index is 491. The molecular weight excluding hydrogens is 272 g/mol. The zero-order valence-electron chi connectivity index (χ0n) is 8.30. The molecular formula is C11H9BrN2O2. The Labute approximate surface area is 101 Å². The van der Waals surface area contributed by atoms with E-state index in [0.29, 0.717) is 16.2 Å². The van der Waals surface area contributed by atoms with Crippen LogP contribution in [0.2, 0.25) is 0 Å². The summed E-state index contributed by atoms with van der Waals surface area (Å²) in [7, 11) is 0. The zero-order valence-corrected chi connectivity index (χ0v) is 9.89. The number of rotatable bonds is 3. The number of aromatic nitrogens is 2. The van der Waals surface area contributed by atoms with Gasteiger partial charge in [0.05, 0.1) is 6.61 Å². The lowest BCUT2D eigenvalue weighted by molar-refractivity contribution is 0.281. The molecule has 1 aromatic heterocycles. The third-order valence-electron chi connectivity index (χ3n) is 1.91. The molecule has 0 radical (unpaired) electrons. The fourth-order valence-corrected chi connectivity index (χ4v) is 1.49. The summed E-state index contributed by atoms with van der Waals surface area (Å²) in [6.45, 7) is -0.00926. The Balaban J connectivity index is 2.20. The smallest absolute Gasteiger partial charge is 0.223 e. The van der Waals surface area contributed by atoms with Gasteiger partial charge >= 0.3 is 0 Å². The number of nitrogens with zero attached hydrogens (tertiary/aromatic N) is 2. The van der Waals surface area contributed by atoms with Gasteiger partial charge in [-0.3, -0.25) is 0 Å². The second kappa shape index (κ2) is 5.05. The lowest BCUT2D eigenvalue weighted by Gasteiger charge is -2.05. The topological polar surface area (TPSA) is 55.2 Å². The van der Waals surface area contributed by atoms with Crippen LogP contribution in [0.5, 0.6) is 11.6 Å². The highest BCUT2D eigenvalue weighted by molar-refractivity contribution is 9.10. The Morgan fingerprint density at radius 3 is 2.88 bits per heavy atom. The Hall–Kier alpha value is -1.46. The second-order valence-electron chi connectivity index (χ2n) is 3.09. The highest BCUT2D eigenvalue weighted by atomic mass is 79.9. The molecule has 0 bridgehead atoms. The van der Waals surface area contributed by atoms with Crippen molar-refractivity contribution in [3.8, 4) is 11.6 Å². The fraction of sp³-hybridized carbons (Fsp3) is 0.0909. The molecule has 0 fully saturated rings. The van der Waals surface area contributed by atoms with Gasteiger partial charge in [-0.25, -0.2) is 9.97 Å². The first kappa shape index (κ1) is 11.0. The monoisotopic (exact) mass is 280 g/mol. The van der Waals surface area contributed by atoms with Crippen molar-refractivity contribution in [1.82, 2.24) is 9.97 Å². The molecule has 0 atom stereocenters. The molecule has 2 aromatic rings. The summed E-state index contributed by atoms with van der Waals surface area (Å²) < 4.78 is 6.17. The molecule has 0 saturated heterocycles. The average Bonchev–Trinajstić information content (AvgIpc) is 2.29. The average molecular weight is 281 g/mol. The first-order valence-electron chi connectivity index (χ1n) is 4.63. The second-order valence-corrected chi connectivity index (χ2v) is 3.90. The molecule has 0 spiro atoms. The van der Waals surface area contributed by atoms with E-state index in [0.717, 1.165) is 5.56 Å². The quantitative estimate of drug-likeness (QED) is 0.878. The van der Waals surface area contributed by atoms with E-state index in [1.165, 1.54) is 6.33 Å². The van der Waals surface area contributed by atoms with Gasteiger partial charge in [0.25, 0.3) is 0 Å². The van der Waals surface area contributed by atoms with Crippen LogP contribution in [-0.4, -0.2) is 15.1 Å². The standard InChI is InChI=1S/C11H9BrN2O2/c12-10-5-11(14-7-13-10)16-9-3-1-2-8(4-9)6-15/h1-5,7,15H,6H2. The van der Waals surface area contributed by atoms with Crippen molar-refractivity contribution >= 4 is 15.9 Å². The summed E-state index contributed by atoms with van der Waals surface area (Å²) in [5, 5.41) is 8.98. The van der Waals surface area contributed by atoms with Crippen LogP contribution < -0.4 is 4.74 Å². The molecule has 4 nitrogen and oxygen atoms in total. The van der Waals surface area contributed by atoms with E-state index < -0.39 is 0 Å². The highest BCUT2D eigenvalue weighted by Crippen LogP contribution is 2.21. The summed E-state index contributed by atoms with van der Waals surface area (Å²) in [6, 6.07) is 8.87. The van der Waals surface area contributed by atoms with E-state index in [9.17, 15) is 0 Å². The third kappa shape index (κ3) is 2.77. The number of aliphatic hydroxyl groups excluding tert-OH is 1. The van der Waals surface area contributed by atoms with Crippen LogP contribution in [0.4, 0.5) is 0 Å². The molecule has 5 heteroatoms. The first-order valence-corrected chi connectivity index (χ1v) is 5.42. The van der Waals surface area contributed by atoms with Crippen LogP contribution in [0, 0.1) is 0 Å². The van der Waals surface area contributed by atoms with Gasteiger partial charge in [-0.1, -0.05) is 12.1 Å². The SMILES string of the molecule is OCc1cccc(Oc2cc(Br)ncn2)c1. The van der Waals surface area contributed by atoms with Crippen LogP contribution >= 0.6 is 15.9 Å². The maximum Gasteiger partial charge on any atom is 0.223 e. The maximum atomic E-state index is 8.98. The molecule has 0 saturated carbocycles. The van der Waals surface area contributed by atoms with E-state index in [1.54, 1.807) is 18.2 Å². The van der Waals surface area contributed by atoms with Crippen molar-refractivity contribution in [1.29, 1.82) is 0 Å². The largest absolute Gasteiger partial charge is 0.439 e. The van der Waals surface area contributed by atoms with Crippen LogP contribution in [-0.2, 0) is 6.61 Å². The van der Waals surface area contributed by atoms with E-state index in [1.807, 2.05) is 12.1 Å². The molecule has 1 aromatic carbocycles. The normalized spacial score (nSPS) is 10.1. The molecule has 2 rings (SSSR count). The number of aliphatic hydroxyl groups is 1. The first-order chi connectivity index (χ1) is 7.78. The molecule has 1 heterocycles. The molecule has 16 heavy (non-hydrogen) atoms. The molecule has 0 aliphatic rings. The molecule has 0 aliphatic heterocycles.